The van der Waals surface area contributed by atoms with Crippen molar-refractivity contribution < 1.29 is 19.7 Å². The number of nitrogens with zero attached hydrogens (tertiary/aromatic N) is 2. The average molecular weight is 264 g/mol. The van der Waals surface area contributed by atoms with Crippen LogP contribution in [-0.4, -0.2) is 47.5 Å². The first kappa shape index (κ1) is 12.2. The summed E-state index contributed by atoms with van der Waals surface area (Å²) in [7, 11) is 1.44. The third-order valence-corrected chi connectivity index (χ3v) is 3.59. The van der Waals surface area contributed by atoms with Crippen molar-refractivity contribution in [1.29, 1.82) is 0 Å². The predicted octanol–water partition coefficient (Wildman–Crippen LogP) is 0.847. The third kappa shape index (κ3) is 2.12. The SMILES string of the molecule is COc1cc(N2CC(O)C2)c(C2CC2)nc1C(=O)O. The summed E-state index contributed by atoms with van der Waals surface area (Å²) in [5, 5.41) is 18.6. The number of aromatic carboxylic acids is 1. The third-order valence-electron chi connectivity index (χ3n) is 3.59. The molecule has 1 aromatic rings. The largest absolute Gasteiger partial charge is 0.494 e. The predicted molar refractivity (Wildman–Crippen MR) is 67.9 cm³/mol. The Kier molecular flexibility index (Phi) is 2.82. The Bertz CT molecular complexity index is 522. The lowest BCUT2D eigenvalue weighted by Gasteiger charge is -2.39. The van der Waals surface area contributed by atoms with Crippen LogP contribution in [0.4, 0.5) is 5.69 Å². The Labute approximate surface area is 110 Å². The maximum absolute atomic E-state index is 11.2. The summed E-state index contributed by atoms with van der Waals surface area (Å²) < 4.78 is 5.12. The smallest absolute Gasteiger partial charge is 0.358 e. The number of ether oxygens (including phenoxy) is 1. The zero-order chi connectivity index (χ0) is 13.6. The number of carboxylic acids is 1. The van der Waals surface area contributed by atoms with Gasteiger partial charge in [-0.05, 0) is 12.8 Å². The Hall–Kier alpha value is -1.82. The summed E-state index contributed by atoms with van der Waals surface area (Å²) >= 11 is 0. The zero-order valence-electron chi connectivity index (χ0n) is 10.7. The topological polar surface area (TPSA) is 82.9 Å². The second kappa shape index (κ2) is 4.38. The highest BCUT2D eigenvalue weighted by Crippen LogP contribution is 2.45. The van der Waals surface area contributed by atoms with Crippen molar-refractivity contribution in [3.8, 4) is 5.75 Å². The van der Waals surface area contributed by atoms with E-state index >= 15 is 0 Å². The van der Waals surface area contributed by atoms with Gasteiger partial charge in [-0.2, -0.15) is 0 Å². The first-order valence-corrected chi connectivity index (χ1v) is 6.35. The van der Waals surface area contributed by atoms with Crippen LogP contribution in [0.15, 0.2) is 6.07 Å². The minimum atomic E-state index is -1.08. The molecule has 1 aromatic heterocycles. The molecule has 1 aliphatic heterocycles. The van der Waals surface area contributed by atoms with E-state index in [1.807, 2.05) is 4.90 Å². The molecule has 0 bridgehead atoms. The Morgan fingerprint density at radius 1 is 1.47 bits per heavy atom. The molecule has 1 saturated heterocycles. The van der Waals surface area contributed by atoms with Gasteiger partial charge < -0.3 is 19.8 Å². The lowest BCUT2D eigenvalue weighted by molar-refractivity contribution is 0.0686. The number of β-amino-alcohol motifs (C(OH)–C–C–N with tert-alkyl or cyclic N) is 1. The van der Waals surface area contributed by atoms with Crippen LogP contribution in [0.5, 0.6) is 5.75 Å². The molecule has 3 rings (SSSR count). The molecule has 6 nitrogen and oxygen atoms in total. The summed E-state index contributed by atoms with van der Waals surface area (Å²) in [6.07, 6.45) is 1.78. The lowest BCUT2D eigenvalue weighted by atomic mass is 10.1. The number of anilines is 1. The van der Waals surface area contributed by atoms with E-state index in [0.29, 0.717) is 19.0 Å². The Morgan fingerprint density at radius 3 is 2.63 bits per heavy atom. The minimum Gasteiger partial charge on any atom is -0.494 e. The molecule has 0 amide bonds. The van der Waals surface area contributed by atoms with E-state index in [1.165, 1.54) is 7.11 Å². The molecule has 19 heavy (non-hydrogen) atoms. The summed E-state index contributed by atoms with van der Waals surface area (Å²) in [6.45, 7) is 1.13. The highest BCUT2D eigenvalue weighted by Gasteiger charge is 2.35. The number of hydrogen-bond acceptors (Lipinski definition) is 5. The van der Waals surface area contributed by atoms with E-state index in [-0.39, 0.29) is 17.5 Å². The molecule has 1 saturated carbocycles. The number of hydrogen-bond donors (Lipinski definition) is 2. The number of methoxy groups -OCH3 is 1. The average Bonchev–Trinajstić information content (AvgIpc) is 3.17. The number of carboxylic acid groups (broad SMARTS) is 1. The first-order valence-electron chi connectivity index (χ1n) is 6.35. The Morgan fingerprint density at radius 2 is 2.16 bits per heavy atom. The molecule has 2 aliphatic rings. The van der Waals surface area contributed by atoms with E-state index in [2.05, 4.69) is 4.98 Å². The van der Waals surface area contributed by atoms with Gasteiger partial charge in [0, 0.05) is 25.1 Å². The normalized spacial score (nSPS) is 19.2. The Balaban J connectivity index is 2.03. The number of rotatable bonds is 4. The van der Waals surface area contributed by atoms with Gasteiger partial charge in [0.1, 0.15) is 0 Å². The van der Waals surface area contributed by atoms with E-state index < -0.39 is 5.97 Å². The van der Waals surface area contributed by atoms with Crippen molar-refractivity contribution >= 4 is 11.7 Å². The second-order valence-corrected chi connectivity index (χ2v) is 5.08. The van der Waals surface area contributed by atoms with Gasteiger partial charge >= 0.3 is 5.97 Å². The van der Waals surface area contributed by atoms with Crippen molar-refractivity contribution in [3.05, 3.63) is 17.5 Å². The summed E-state index contributed by atoms with van der Waals surface area (Å²) in [6, 6.07) is 1.73. The molecular formula is C13H16N2O4. The van der Waals surface area contributed by atoms with Gasteiger partial charge in [-0.3, -0.25) is 0 Å². The standard InChI is InChI=1S/C13H16N2O4/c1-19-10-4-9(15-5-8(16)6-15)11(7-2-3-7)14-12(10)13(17)18/h4,7-8,16H,2-3,5-6H2,1H3,(H,17,18). The van der Waals surface area contributed by atoms with Gasteiger partial charge in [-0.15, -0.1) is 0 Å². The maximum atomic E-state index is 11.2. The van der Waals surface area contributed by atoms with Crippen LogP contribution >= 0.6 is 0 Å². The quantitative estimate of drug-likeness (QED) is 0.838. The summed E-state index contributed by atoms with van der Waals surface area (Å²) in [4.78, 5) is 17.5. The van der Waals surface area contributed by atoms with Crippen molar-refractivity contribution in [3.63, 3.8) is 0 Å². The molecule has 0 radical (unpaired) electrons. The van der Waals surface area contributed by atoms with E-state index in [9.17, 15) is 15.0 Å². The molecule has 0 spiro atoms. The van der Waals surface area contributed by atoms with Gasteiger partial charge in [-0.25, -0.2) is 9.78 Å². The van der Waals surface area contributed by atoms with Crippen LogP contribution in [0.1, 0.15) is 34.9 Å². The van der Waals surface area contributed by atoms with Gasteiger partial charge in [0.15, 0.2) is 11.4 Å². The van der Waals surface area contributed by atoms with E-state index in [1.54, 1.807) is 6.07 Å². The highest BCUT2D eigenvalue weighted by molar-refractivity contribution is 5.89. The van der Waals surface area contributed by atoms with Crippen LogP contribution in [0, 0.1) is 0 Å². The lowest BCUT2D eigenvalue weighted by Crippen LogP contribution is -2.51. The van der Waals surface area contributed by atoms with Crippen molar-refractivity contribution in [2.45, 2.75) is 24.9 Å². The summed E-state index contributed by atoms with van der Waals surface area (Å²) in [5.41, 5.74) is 1.69. The van der Waals surface area contributed by atoms with Crippen LogP contribution in [-0.2, 0) is 0 Å². The molecule has 2 N–H and O–H groups in total. The first-order chi connectivity index (χ1) is 9.10. The second-order valence-electron chi connectivity index (χ2n) is 5.08. The summed E-state index contributed by atoms with van der Waals surface area (Å²) in [5.74, 6) is -0.459. The molecular weight excluding hydrogens is 248 g/mol. The fraction of sp³-hybridized carbons (Fsp3) is 0.538. The van der Waals surface area contributed by atoms with Crippen molar-refractivity contribution in [1.82, 2.24) is 4.98 Å². The maximum Gasteiger partial charge on any atom is 0.358 e. The monoisotopic (exact) mass is 264 g/mol. The van der Waals surface area contributed by atoms with E-state index in [4.69, 9.17) is 4.74 Å². The number of carbonyl (C=O) groups is 1. The van der Waals surface area contributed by atoms with E-state index in [0.717, 1.165) is 24.2 Å². The molecule has 6 heteroatoms. The molecule has 0 aromatic carbocycles. The highest BCUT2D eigenvalue weighted by atomic mass is 16.5. The fourth-order valence-electron chi connectivity index (χ4n) is 2.37. The van der Waals surface area contributed by atoms with Gasteiger partial charge in [-0.1, -0.05) is 0 Å². The molecule has 2 fully saturated rings. The zero-order valence-corrected chi connectivity index (χ0v) is 10.7. The van der Waals surface area contributed by atoms with Gasteiger partial charge in [0.25, 0.3) is 0 Å². The number of aliphatic hydroxyl groups is 1. The molecule has 102 valence electrons. The van der Waals surface area contributed by atoms with Gasteiger partial charge in [0.2, 0.25) is 0 Å². The van der Waals surface area contributed by atoms with Crippen molar-refractivity contribution in [2.75, 3.05) is 25.1 Å². The molecule has 1 aliphatic carbocycles. The van der Waals surface area contributed by atoms with Crippen LogP contribution in [0.3, 0.4) is 0 Å². The van der Waals surface area contributed by atoms with Crippen LogP contribution < -0.4 is 9.64 Å². The van der Waals surface area contributed by atoms with Crippen LogP contribution in [0.2, 0.25) is 0 Å². The molecule has 2 heterocycles. The number of aromatic nitrogens is 1. The molecule has 0 atom stereocenters. The fourth-order valence-corrected chi connectivity index (χ4v) is 2.37. The van der Waals surface area contributed by atoms with Gasteiger partial charge in [0.05, 0.1) is 24.6 Å². The van der Waals surface area contributed by atoms with Crippen molar-refractivity contribution in [2.24, 2.45) is 0 Å². The number of aliphatic hydroxyl groups excluding tert-OH is 1. The number of pyridine rings is 1. The van der Waals surface area contributed by atoms with Crippen LogP contribution in [0.25, 0.3) is 0 Å². The minimum absolute atomic E-state index is 0.0331. The molecule has 0 unspecified atom stereocenters.